The van der Waals surface area contributed by atoms with E-state index in [-0.39, 0.29) is 23.1 Å². The molecule has 1 aromatic heterocycles. The molecule has 0 unspecified atom stereocenters. The quantitative estimate of drug-likeness (QED) is 0.150. The van der Waals surface area contributed by atoms with Gasteiger partial charge in [-0.05, 0) is 73.4 Å². The van der Waals surface area contributed by atoms with Gasteiger partial charge in [0.1, 0.15) is 18.1 Å². The molecule has 0 saturated carbocycles. The number of halogens is 1. The molecule has 1 heterocycles. The minimum Gasteiger partial charge on any atom is -0.494 e. The largest absolute Gasteiger partial charge is 0.494 e. The van der Waals surface area contributed by atoms with Gasteiger partial charge in [-0.2, -0.15) is 0 Å². The van der Waals surface area contributed by atoms with Crippen molar-refractivity contribution in [1.82, 2.24) is 14.8 Å². The Bertz CT molecular complexity index is 1360. The van der Waals surface area contributed by atoms with E-state index < -0.39 is 0 Å². The van der Waals surface area contributed by atoms with E-state index in [0.29, 0.717) is 33.9 Å². The van der Waals surface area contributed by atoms with Crippen LogP contribution in [0.1, 0.15) is 56.4 Å². The van der Waals surface area contributed by atoms with Gasteiger partial charge in [0.25, 0.3) is 0 Å². The SMILES string of the molecule is CCOc1ccc(OCc2nnc(S[C@@H](C)C(=O)c3ccc(C(C)(C)C)cc3)n2-c2ccc(Cl)cc2)cc1. The first-order chi connectivity index (χ1) is 18.2. The predicted molar refractivity (Wildman–Crippen MR) is 153 cm³/mol. The molecule has 8 heteroatoms. The first-order valence-corrected chi connectivity index (χ1v) is 13.8. The lowest BCUT2D eigenvalue weighted by Gasteiger charge is -2.19. The average molecular weight is 550 g/mol. The van der Waals surface area contributed by atoms with Gasteiger partial charge in [0, 0.05) is 16.3 Å². The van der Waals surface area contributed by atoms with Gasteiger partial charge in [-0.15, -0.1) is 10.2 Å². The standard InChI is InChI=1S/C30H32ClN3O3S/c1-6-36-25-15-17-26(18-16-25)37-19-27-32-33-29(34(27)24-13-11-23(31)12-14-24)38-20(2)28(35)21-7-9-22(10-8-21)30(3,4)5/h7-18,20H,6,19H2,1-5H3/t20-/m0/s1. The third-order valence-electron chi connectivity index (χ3n) is 5.97. The van der Waals surface area contributed by atoms with Crippen LogP contribution >= 0.6 is 23.4 Å². The van der Waals surface area contributed by atoms with Gasteiger partial charge < -0.3 is 9.47 Å². The fourth-order valence-corrected chi connectivity index (χ4v) is 4.94. The average Bonchev–Trinajstić information content (AvgIpc) is 3.30. The van der Waals surface area contributed by atoms with Crippen molar-refractivity contribution in [2.24, 2.45) is 0 Å². The third-order valence-corrected chi connectivity index (χ3v) is 7.27. The van der Waals surface area contributed by atoms with Crippen molar-refractivity contribution >= 4 is 29.1 Å². The summed E-state index contributed by atoms with van der Waals surface area (Å²) >= 11 is 7.50. The summed E-state index contributed by atoms with van der Waals surface area (Å²) in [4.78, 5) is 13.3. The number of aromatic nitrogens is 3. The molecular formula is C30H32ClN3O3S. The van der Waals surface area contributed by atoms with Gasteiger partial charge >= 0.3 is 0 Å². The van der Waals surface area contributed by atoms with Gasteiger partial charge in [-0.25, -0.2) is 0 Å². The van der Waals surface area contributed by atoms with Gasteiger partial charge in [0.2, 0.25) is 0 Å². The second-order valence-electron chi connectivity index (χ2n) is 9.86. The molecule has 0 amide bonds. The van der Waals surface area contributed by atoms with E-state index in [1.54, 1.807) is 0 Å². The molecule has 3 aromatic carbocycles. The zero-order valence-corrected chi connectivity index (χ0v) is 23.8. The Hall–Kier alpha value is -3.29. The number of benzene rings is 3. The van der Waals surface area contributed by atoms with Crippen molar-refractivity contribution in [3.05, 3.63) is 94.8 Å². The minimum absolute atomic E-state index is 0.0285. The van der Waals surface area contributed by atoms with Crippen LogP contribution in [0.4, 0.5) is 0 Å². The highest BCUT2D eigenvalue weighted by Crippen LogP contribution is 2.30. The molecule has 0 bridgehead atoms. The Morgan fingerprint density at radius 3 is 2.11 bits per heavy atom. The van der Waals surface area contributed by atoms with Crippen molar-refractivity contribution in [3.63, 3.8) is 0 Å². The Kier molecular flexibility index (Phi) is 8.80. The maximum Gasteiger partial charge on any atom is 0.196 e. The molecule has 0 aliphatic carbocycles. The Morgan fingerprint density at radius 1 is 0.921 bits per heavy atom. The minimum atomic E-state index is -0.370. The van der Waals surface area contributed by atoms with Gasteiger partial charge in [-0.1, -0.05) is 68.4 Å². The van der Waals surface area contributed by atoms with Crippen LogP contribution in [-0.2, 0) is 12.0 Å². The molecule has 0 radical (unpaired) electrons. The van der Waals surface area contributed by atoms with E-state index >= 15 is 0 Å². The number of rotatable bonds is 10. The van der Waals surface area contributed by atoms with Gasteiger partial charge in [-0.3, -0.25) is 9.36 Å². The molecule has 6 nitrogen and oxygen atoms in total. The van der Waals surface area contributed by atoms with Crippen LogP contribution in [-0.4, -0.2) is 32.4 Å². The molecule has 0 fully saturated rings. The lowest BCUT2D eigenvalue weighted by molar-refractivity contribution is 0.0993. The van der Waals surface area contributed by atoms with E-state index in [0.717, 1.165) is 11.4 Å². The number of Topliss-reactive ketones (excluding diaryl/α,β-unsaturated/α-hetero) is 1. The van der Waals surface area contributed by atoms with Crippen molar-refractivity contribution in [2.45, 2.75) is 57.0 Å². The number of ether oxygens (including phenoxy) is 2. The summed E-state index contributed by atoms with van der Waals surface area (Å²) in [7, 11) is 0. The van der Waals surface area contributed by atoms with E-state index in [1.807, 2.05) is 91.2 Å². The molecule has 4 rings (SSSR count). The molecule has 0 spiro atoms. The monoisotopic (exact) mass is 549 g/mol. The highest BCUT2D eigenvalue weighted by atomic mass is 35.5. The summed E-state index contributed by atoms with van der Waals surface area (Å²) in [6.07, 6.45) is 0. The molecular weight excluding hydrogens is 518 g/mol. The fraction of sp³-hybridized carbons (Fsp3) is 0.300. The van der Waals surface area contributed by atoms with Crippen molar-refractivity contribution in [3.8, 4) is 17.2 Å². The summed E-state index contributed by atoms with van der Waals surface area (Å²) in [5.41, 5.74) is 2.73. The first kappa shape index (κ1) is 27.7. The third kappa shape index (κ3) is 6.77. The van der Waals surface area contributed by atoms with Crippen molar-refractivity contribution in [2.75, 3.05) is 6.61 Å². The Labute approximate surface area is 233 Å². The molecule has 0 aliphatic rings. The Balaban J connectivity index is 1.55. The van der Waals surface area contributed by atoms with E-state index in [2.05, 4.69) is 31.0 Å². The van der Waals surface area contributed by atoms with E-state index in [1.165, 1.54) is 17.3 Å². The number of nitrogens with zero attached hydrogens (tertiary/aromatic N) is 3. The predicted octanol–water partition coefficient (Wildman–Crippen LogP) is 7.56. The first-order valence-electron chi connectivity index (χ1n) is 12.5. The van der Waals surface area contributed by atoms with Crippen LogP contribution in [0.2, 0.25) is 5.02 Å². The Morgan fingerprint density at radius 2 is 1.53 bits per heavy atom. The summed E-state index contributed by atoms with van der Waals surface area (Å²) in [6, 6.07) is 22.7. The normalized spacial score (nSPS) is 12.3. The number of ketones is 1. The maximum absolute atomic E-state index is 13.3. The van der Waals surface area contributed by atoms with Crippen LogP contribution in [0.5, 0.6) is 11.5 Å². The van der Waals surface area contributed by atoms with Crippen LogP contribution in [0.15, 0.2) is 78.0 Å². The molecule has 38 heavy (non-hydrogen) atoms. The maximum atomic E-state index is 13.3. The number of hydrogen-bond acceptors (Lipinski definition) is 6. The summed E-state index contributed by atoms with van der Waals surface area (Å²) < 4.78 is 13.4. The molecule has 1 atom stereocenters. The smallest absolute Gasteiger partial charge is 0.196 e. The van der Waals surface area contributed by atoms with Gasteiger partial charge in [0.05, 0.1) is 11.9 Å². The number of carbonyl (C=O) groups excluding carboxylic acids is 1. The van der Waals surface area contributed by atoms with Gasteiger partial charge in [0.15, 0.2) is 16.8 Å². The molecule has 0 N–H and O–H groups in total. The van der Waals surface area contributed by atoms with Crippen LogP contribution < -0.4 is 9.47 Å². The molecule has 198 valence electrons. The van der Waals surface area contributed by atoms with E-state index in [4.69, 9.17) is 21.1 Å². The lowest BCUT2D eigenvalue weighted by Crippen LogP contribution is -2.16. The number of hydrogen-bond donors (Lipinski definition) is 0. The van der Waals surface area contributed by atoms with Crippen molar-refractivity contribution < 1.29 is 14.3 Å². The van der Waals surface area contributed by atoms with E-state index in [9.17, 15) is 4.79 Å². The topological polar surface area (TPSA) is 66.2 Å². The zero-order valence-electron chi connectivity index (χ0n) is 22.3. The van der Waals surface area contributed by atoms with Crippen LogP contribution in [0.3, 0.4) is 0 Å². The summed E-state index contributed by atoms with van der Waals surface area (Å²) in [5.74, 6) is 2.12. The molecule has 0 aliphatic heterocycles. The second kappa shape index (κ2) is 12.0. The van der Waals surface area contributed by atoms with Crippen molar-refractivity contribution in [1.29, 1.82) is 0 Å². The van der Waals surface area contributed by atoms with Crippen LogP contribution in [0, 0.1) is 0 Å². The zero-order chi connectivity index (χ0) is 27.3. The fourth-order valence-electron chi connectivity index (χ4n) is 3.85. The summed E-state index contributed by atoms with van der Waals surface area (Å²) in [6.45, 7) is 11.1. The van der Waals surface area contributed by atoms with Crippen LogP contribution in [0.25, 0.3) is 5.69 Å². The number of thioether (sulfide) groups is 1. The summed E-state index contributed by atoms with van der Waals surface area (Å²) in [5, 5.41) is 9.68. The molecule has 0 saturated heterocycles. The molecule has 4 aromatic rings. The second-order valence-corrected chi connectivity index (χ2v) is 11.6. The highest BCUT2D eigenvalue weighted by molar-refractivity contribution is 8.00. The number of carbonyl (C=O) groups is 1. The lowest BCUT2D eigenvalue weighted by atomic mass is 9.86. The highest BCUT2D eigenvalue weighted by Gasteiger charge is 2.23.